The second-order valence-electron chi connectivity index (χ2n) is 3.30. The Kier molecular flexibility index (Phi) is 3.05. The monoisotopic (exact) mass is 279 g/mol. The van der Waals surface area contributed by atoms with Crippen LogP contribution in [0.4, 0.5) is 5.69 Å². The van der Waals surface area contributed by atoms with Crippen LogP contribution >= 0.6 is 15.9 Å². The molecule has 4 nitrogen and oxygen atoms in total. The van der Waals surface area contributed by atoms with Gasteiger partial charge in [-0.05, 0) is 34.5 Å². The predicted molar refractivity (Wildman–Crippen MR) is 65.4 cm³/mol. The molecule has 0 spiro atoms. The minimum Gasteiger partial charge on any atom is -0.437 e. The molecule has 2 rings (SSSR count). The van der Waals surface area contributed by atoms with Crippen molar-refractivity contribution in [2.24, 2.45) is 0 Å². The first-order valence-electron chi connectivity index (χ1n) is 4.66. The molecule has 0 bridgehead atoms. The van der Waals surface area contributed by atoms with Crippen LogP contribution in [-0.4, -0.2) is 9.97 Å². The van der Waals surface area contributed by atoms with Crippen molar-refractivity contribution in [3.8, 4) is 11.6 Å². The van der Waals surface area contributed by atoms with E-state index in [9.17, 15) is 0 Å². The van der Waals surface area contributed by atoms with Crippen molar-refractivity contribution < 1.29 is 4.74 Å². The van der Waals surface area contributed by atoms with E-state index in [-0.39, 0.29) is 0 Å². The maximum atomic E-state index is 5.69. The average Bonchev–Trinajstić information content (AvgIpc) is 2.27. The van der Waals surface area contributed by atoms with Gasteiger partial charge in [0.05, 0.1) is 4.47 Å². The topological polar surface area (TPSA) is 61.0 Å². The number of ether oxygens (including phenoxy) is 1. The summed E-state index contributed by atoms with van der Waals surface area (Å²) in [7, 11) is 0. The van der Waals surface area contributed by atoms with Crippen LogP contribution in [0.15, 0.2) is 35.2 Å². The van der Waals surface area contributed by atoms with Gasteiger partial charge >= 0.3 is 0 Å². The number of rotatable bonds is 2. The van der Waals surface area contributed by atoms with Gasteiger partial charge in [-0.3, -0.25) is 0 Å². The van der Waals surface area contributed by atoms with E-state index in [2.05, 4.69) is 25.9 Å². The number of nitrogen functional groups attached to an aromatic ring is 1. The number of hydrogen-bond donors (Lipinski definition) is 1. The number of nitrogens with zero attached hydrogens (tertiary/aromatic N) is 2. The molecule has 0 atom stereocenters. The van der Waals surface area contributed by atoms with Gasteiger partial charge in [0.1, 0.15) is 12.1 Å². The fourth-order valence-corrected chi connectivity index (χ4v) is 1.51. The van der Waals surface area contributed by atoms with E-state index in [1.54, 1.807) is 12.3 Å². The number of hydrogen-bond acceptors (Lipinski definition) is 4. The summed E-state index contributed by atoms with van der Waals surface area (Å²) in [6.07, 6.45) is 3.06. The largest absolute Gasteiger partial charge is 0.437 e. The molecule has 1 aromatic heterocycles. The highest BCUT2D eigenvalue weighted by Crippen LogP contribution is 2.29. The van der Waals surface area contributed by atoms with E-state index in [0.29, 0.717) is 21.8 Å². The van der Waals surface area contributed by atoms with Gasteiger partial charge in [-0.2, -0.15) is 0 Å². The van der Waals surface area contributed by atoms with Crippen molar-refractivity contribution in [1.29, 1.82) is 0 Å². The maximum absolute atomic E-state index is 5.69. The lowest BCUT2D eigenvalue weighted by Crippen LogP contribution is -1.93. The van der Waals surface area contributed by atoms with Crippen molar-refractivity contribution in [3.05, 3.63) is 40.8 Å². The number of nitrogens with two attached hydrogens (primary N) is 1. The summed E-state index contributed by atoms with van der Waals surface area (Å²) in [6, 6.07) is 5.50. The predicted octanol–water partition coefficient (Wildman–Crippen LogP) is 2.92. The van der Waals surface area contributed by atoms with Crippen molar-refractivity contribution in [2.75, 3.05) is 5.73 Å². The summed E-state index contributed by atoms with van der Waals surface area (Å²) in [5.41, 5.74) is 7.35. The van der Waals surface area contributed by atoms with Gasteiger partial charge in [-0.25, -0.2) is 9.97 Å². The third kappa shape index (κ3) is 2.30. The second-order valence-corrected chi connectivity index (χ2v) is 4.16. The molecule has 2 aromatic rings. The van der Waals surface area contributed by atoms with Crippen molar-refractivity contribution in [1.82, 2.24) is 9.97 Å². The highest BCUT2D eigenvalue weighted by molar-refractivity contribution is 9.10. The van der Waals surface area contributed by atoms with Gasteiger partial charge in [0.25, 0.3) is 0 Å². The zero-order valence-corrected chi connectivity index (χ0v) is 10.2. The molecular weight excluding hydrogens is 270 g/mol. The first-order chi connectivity index (χ1) is 7.66. The summed E-state index contributed by atoms with van der Waals surface area (Å²) in [5, 5.41) is 0. The Balaban J connectivity index is 2.34. The van der Waals surface area contributed by atoms with Crippen molar-refractivity contribution in [2.45, 2.75) is 6.92 Å². The Hall–Kier alpha value is -1.62. The third-order valence-electron chi connectivity index (χ3n) is 2.05. The smallest absolute Gasteiger partial charge is 0.236 e. The number of anilines is 1. The molecule has 1 aromatic carbocycles. The Morgan fingerprint density at radius 1 is 1.38 bits per heavy atom. The highest BCUT2D eigenvalue weighted by atomic mass is 79.9. The van der Waals surface area contributed by atoms with Crippen LogP contribution in [0.25, 0.3) is 0 Å². The van der Waals surface area contributed by atoms with Gasteiger partial charge < -0.3 is 10.5 Å². The summed E-state index contributed by atoms with van der Waals surface area (Å²) in [4.78, 5) is 7.89. The molecule has 0 fully saturated rings. The molecule has 0 unspecified atom stereocenters. The lowest BCUT2D eigenvalue weighted by Gasteiger charge is -2.09. The molecule has 0 aliphatic carbocycles. The Labute approximate surface area is 102 Å². The molecule has 82 valence electrons. The van der Waals surface area contributed by atoms with E-state index in [1.165, 1.54) is 6.33 Å². The fourth-order valence-electron chi connectivity index (χ4n) is 1.21. The molecule has 0 saturated carbocycles. The lowest BCUT2D eigenvalue weighted by molar-refractivity contribution is 0.455. The molecule has 0 amide bonds. The minimum atomic E-state index is 0.476. The van der Waals surface area contributed by atoms with Gasteiger partial charge in [-0.15, -0.1) is 0 Å². The molecule has 0 aliphatic rings. The van der Waals surface area contributed by atoms with Crippen LogP contribution in [0.3, 0.4) is 0 Å². The second kappa shape index (κ2) is 4.49. The van der Waals surface area contributed by atoms with Crippen LogP contribution in [0.5, 0.6) is 11.6 Å². The zero-order chi connectivity index (χ0) is 11.5. The Morgan fingerprint density at radius 3 is 2.94 bits per heavy atom. The van der Waals surface area contributed by atoms with Gasteiger partial charge in [0.15, 0.2) is 0 Å². The minimum absolute atomic E-state index is 0.476. The van der Waals surface area contributed by atoms with Crippen molar-refractivity contribution in [3.63, 3.8) is 0 Å². The SMILES string of the molecule is Cc1ccc(N)cc1Oc1ncncc1Br. The standard InChI is InChI=1S/C11H10BrN3O/c1-7-2-3-8(13)4-10(7)16-11-9(12)5-14-6-15-11/h2-6H,13H2,1H3. The lowest BCUT2D eigenvalue weighted by atomic mass is 10.2. The quantitative estimate of drug-likeness (QED) is 0.859. The van der Waals surface area contributed by atoms with E-state index in [4.69, 9.17) is 10.5 Å². The maximum Gasteiger partial charge on any atom is 0.236 e. The van der Waals surface area contributed by atoms with Gasteiger partial charge in [0.2, 0.25) is 5.88 Å². The fraction of sp³-hybridized carbons (Fsp3) is 0.0909. The summed E-state index contributed by atoms with van der Waals surface area (Å²) < 4.78 is 6.35. The van der Waals surface area contributed by atoms with Crippen LogP contribution in [0.1, 0.15) is 5.56 Å². The highest BCUT2D eigenvalue weighted by Gasteiger charge is 2.06. The van der Waals surface area contributed by atoms with E-state index < -0.39 is 0 Å². The molecule has 0 saturated heterocycles. The molecule has 0 aliphatic heterocycles. The molecule has 1 heterocycles. The van der Waals surface area contributed by atoms with Crippen LogP contribution in [-0.2, 0) is 0 Å². The first kappa shape index (κ1) is 10.9. The van der Waals surface area contributed by atoms with E-state index in [0.717, 1.165) is 5.56 Å². The summed E-state index contributed by atoms with van der Waals surface area (Å²) in [5.74, 6) is 1.17. The van der Waals surface area contributed by atoms with Crippen LogP contribution in [0.2, 0.25) is 0 Å². The summed E-state index contributed by atoms with van der Waals surface area (Å²) in [6.45, 7) is 1.95. The molecule has 16 heavy (non-hydrogen) atoms. The number of aromatic nitrogens is 2. The number of aryl methyl sites for hydroxylation is 1. The zero-order valence-electron chi connectivity index (χ0n) is 8.64. The van der Waals surface area contributed by atoms with E-state index >= 15 is 0 Å². The average molecular weight is 280 g/mol. The summed E-state index contributed by atoms with van der Waals surface area (Å²) >= 11 is 3.32. The number of benzene rings is 1. The van der Waals surface area contributed by atoms with Crippen molar-refractivity contribution >= 4 is 21.6 Å². The molecule has 0 radical (unpaired) electrons. The normalized spacial score (nSPS) is 10.1. The van der Waals surface area contributed by atoms with Gasteiger partial charge in [0, 0.05) is 18.0 Å². The first-order valence-corrected chi connectivity index (χ1v) is 5.45. The third-order valence-corrected chi connectivity index (χ3v) is 2.60. The van der Waals surface area contributed by atoms with Crippen LogP contribution < -0.4 is 10.5 Å². The van der Waals surface area contributed by atoms with E-state index in [1.807, 2.05) is 19.1 Å². The Morgan fingerprint density at radius 2 is 2.19 bits per heavy atom. The number of halogens is 1. The molecular formula is C11H10BrN3O. The molecule has 2 N–H and O–H groups in total. The van der Waals surface area contributed by atoms with Crippen LogP contribution in [0, 0.1) is 6.92 Å². The Bertz CT molecular complexity index is 516. The van der Waals surface area contributed by atoms with Gasteiger partial charge in [-0.1, -0.05) is 6.07 Å². The molecule has 5 heteroatoms.